The molecule has 1 aliphatic rings. The lowest BCUT2D eigenvalue weighted by molar-refractivity contribution is -0.135. The lowest BCUT2D eigenvalue weighted by Crippen LogP contribution is -2.60. The van der Waals surface area contributed by atoms with Crippen molar-refractivity contribution in [1.82, 2.24) is 57.7 Å². The molecule has 2 aromatic carbocycles. The number of aromatic amines is 1. The van der Waals surface area contributed by atoms with Crippen LogP contribution in [0.15, 0.2) is 75.8 Å². The Kier molecular flexibility index (Phi) is 27.2. The van der Waals surface area contributed by atoms with Crippen LogP contribution in [0, 0.1) is 0 Å². The van der Waals surface area contributed by atoms with E-state index in [1.807, 2.05) is 25.1 Å². The van der Waals surface area contributed by atoms with E-state index in [1.54, 1.807) is 42.6 Å². The number of carbonyl (C=O) groups is 10. The van der Waals surface area contributed by atoms with E-state index < -0.39 is 114 Å². The van der Waals surface area contributed by atoms with Crippen LogP contribution in [0.2, 0.25) is 0 Å². The summed E-state index contributed by atoms with van der Waals surface area (Å²) in [6.07, 6.45) is 3.41. The highest BCUT2D eigenvalue weighted by Crippen LogP contribution is 2.20. The molecule has 3 aromatic rings. The van der Waals surface area contributed by atoms with Gasteiger partial charge in [-0.05, 0) is 63.1 Å². The Morgan fingerprint density at radius 3 is 1.82 bits per heavy atom. The van der Waals surface area contributed by atoms with Gasteiger partial charge in [-0.25, -0.2) is 4.79 Å². The SMILES string of the molecule is CCNC=NCC[C@H](NC(=O)[C@@H](C)NC(=O)[C@H](CS)NC(=O)CN1C(=O)N[C@H](CCCN=C(N)N)C1=O)C(=O)N[C@H](Cc1ccccc1)C(=O)N[C@@H](CCCN=C(N)N)C(=O)N[C@@H](Cc1c[nH]c2ccccc12)C(=O)N[C@@H](CS)C(N)=O. The van der Waals surface area contributed by atoms with Crippen molar-refractivity contribution in [3.63, 3.8) is 0 Å². The molecule has 1 fully saturated rings. The number of rotatable bonds is 35. The van der Waals surface area contributed by atoms with Gasteiger partial charge in [0.1, 0.15) is 54.9 Å². The molecule has 0 spiro atoms. The Balaban J connectivity index is 1.55. The van der Waals surface area contributed by atoms with Crippen molar-refractivity contribution in [2.75, 3.05) is 44.2 Å². The van der Waals surface area contributed by atoms with E-state index in [2.05, 4.69) is 93.1 Å². The molecule has 446 valence electrons. The lowest BCUT2D eigenvalue weighted by atomic mass is 10.0. The van der Waals surface area contributed by atoms with Crippen LogP contribution in [0.1, 0.15) is 57.1 Å². The predicted molar refractivity (Wildman–Crippen MR) is 314 cm³/mol. The molecule has 1 aliphatic heterocycles. The van der Waals surface area contributed by atoms with Crippen LogP contribution in [0.5, 0.6) is 0 Å². The Morgan fingerprint density at radius 2 is 1.20 bits per heavy atom. The van der Waals surface area contributed by atoms with Gasteiger partial charge in [-0.15, -0.1) is 0 Å². The minimum Gasteiger partial charge on any atom is -0.377 e. The molecule has 0 unspecified atom stereocenters. The van der Waals surface area contributed by atoms with Gasteiger partial charge in [0.25, 0.3) is 5.91 Å². The molecule has 20 N–H and O–H groups in total. The summed E-state index contributed by atoms with van der Waals surface area (Å²) in [5.41, 5.74) is 29.3. The number of guanidine groups is 2. The summed E-state index contributed by atoms with van der Waals surface area (Å²) < 4.78 is 0. The van der Waals surface area contributed by atoms with Crippen molar-refractivity contribution in [2.24, 2.45) is 43.6 Å². The fourth-order valence-electron chi connectivity index (χ4n) is 8.23. The molecule has 4 rings (SSSR count). The molecule has 0 radical (unpaired) electrons. The van der Waals surface area contributed by atoms with Crippen LogP contribution < -0.4 is 76.5 Å². The Bertz CT molecular complexity index is 2790. The van der Waals surface area contributed by atoms with Gasteiger partial charge in [-0.1, -0.05) is 48.5 Å². The number of benzene rings is 2. The lowest BCUT2D eigenvalue weighted by Gasteiger charge is -2.27. The van der Waals surface area contributed by atoms with Gasteiger partial charge in [0, 0.05) is 67.6 Å². The number of imide groups is 1. The fourth-order valence-corrected chi connectivity index (χ4v) is 8.76. The summed E-state index contributed by atoms with van der Waals surface area (Å²) in [5, 5.41) is 24.4. The molecular weight excluding hydrogens is 1100 g/mol. The zero-order chi connectivity index (χ0) is 60.3. The second kappa shape index (κ2) is 33.9. The summed E-state index contributed by atoms with van der Waals surface area (Å²) in [4.78, 5) is 152. The predicted octanol–water partition coefficient (Wildman–Crippen LogP) is -4.23. The highest BCUT2D eigenvalue weighted by atomic mass is 32.1. The molecule has 1 aromatic heterocycles. The molecule has 1 saturated heterocycles. The van der Waals surface area contributed by atoms with Gasteiger partial charge in [0.05, 0.1) is 6.34 Å². The van der Waals surface area contributed by atoms with Crippen LogP contribution in [-0.2, 0) is 56.0 Å². The summed E-state index contributed by atoms with van der Waals surface area (Å²) in [6, 6.07) is 4.73. The van der Waals surface area contributed by atoms with Crippen LogP contribution in [0.4, 0.5) is 4.79 Å². The molecule has 31 heteroatoms. The van der Waals surface area contributed by atoms with E-state index in [-0.39, 0.29) is 81.6 Å². The number of nitrogens with zero attached hydrogens (tertiary/aromatic N) is 4. The largest absolute Gasteiger partial charge is 0.377 e. The number of nitrogens with two attached hydrogens (primary N) is 5. The molecule has 0 saturated carbocycles. The number of nitrogens with one attached hydrogen (secondary N) is 10. The first-order chi connectivity index (χ1) is 39.1. The number of primary amides is 1. The average Bonchev–Trinajstić information content (AvgIpc) is 3.98. The topological polar surface area (TPSA) is 465 Å². The monoisotopic (exact) mass is 1180 g/mol. The first-order valence-electron chi connectivity index (χ1n) is 26.3. The summed E-state index contributed by atoms with van der Waals surface area (Å²) in [5.74, 6) is -8.18. The summed E-state index contributed by atoms with van der Waals surface area (Å²) in [7, 11) is 0. The van der Waals surface area contributed by atoms with Crippen LogP contribution in [0.3, 0.4) is 0 Å². The van der Waals surface area contributed by atoms with Gasteiger partial charge in [-0.3, -0.25) is 63.0 Å². The van der Waals surface area contributed by atoms with Crippen molar-refractivity contribution in [3.05, 3.63) is 71.9 Å². The number of hydrogen-bond acceptors (Lipinski definition) is 15. The third-order valence-electron chi connectivity index (χ3n) is 12.6. The van der Waals surface area contributed by atoms with Crippen LogP contribution in [0.25, 0.3) is 10.9 Å². The second-order valence-corrected chi connectivity index (χ2v) is 19.6. The normalized spacial score (nSPS) is 15.5. The third kappa shape index (κ3) is 21.5. The molecule has 11 amide bonds. The smallest absolute Gasteiger partial charge is 0.325 e. The van der Waals surface area contributed by atoms with Crippen molar-refractivity contribution < 1.29 is 47.9 Å². The van der Waals surface area contributed by atoms with E-state index in [4.69, 9.17) is 28.7 Å². The number of aliphatic imine (C=N–C) groups is 3. The number of amides is 11. The van der Waals surface area contributed by atoms with Crippen LogP contribution in [-0.4, -0.2) is 180 Å². The maximum Gasteiger partial charge on any atom is 0.325 e. The number of carbonyl (C=O) groups excluding carboxylic acids is 10. The van der Waals surface area contributed by atoms with E-state index in [0.29, 0.717) is 29.0 Å². The Hall–Kier alpha value is -8.61. The minimum atomic E-state index is -1.41. The number of aromatic nitrogens is 1. The Morgan fingerprint density at radius 1 is 0.646 bits per heavy atom. The van der Waals surface area contributed by atoms with Crippen molar-refractivity contribution >= 4 is 114 Å². The maximum atomic E-state index is 14.6. The number of hydrogen-bond donors (Lipinski definition) is 17. The van der Waals surface area contributed by atoms with E-state index in [0.717, 1.165) is 10.9 Å². The first kappa shape index (κ1) is 65.9. The van der Waals surface area contributed by atoms with E-state index in [1.165, 1.54) is 13.3 Å². The molecule has 0 bridgehead atoms. The second-order valence-electron chi connectivity index (χ2n) is 18.9. The van der Waals surface area contributed by atoms with Crippen molar-refractivity contribution in [3.8, 4) is 0 Å². The van der Waals surface area contributed by atoms with Gasteiger partial charge in [-0.2, -0.15) is 25.3 Å². The standard InChI is InChI=1S/C51H75N19O10S2/c1-3-57-27-58-20-17-34(64-42(73)28(2)62-47(78)39(26-82)63-40(71)24-70-48(79)35(69-51(70)80)16-10-19-60-50(55)56)44(75)66-36(21-29-11-5-4-6-12-29)45(76)65-33(15-9-18-59-49(53)54)43(74)67-37(46(77)68-38(25-81)41(52)72)22-30-23-61-32-14-8-7-13-31(30)32/h4-8,11-14,23,27-28,33-39,61,81-82H,3,9-10,15-22,24-26H2,1-2H3,(H2,52,72)(H,57,58)(H,62,78)(H,63,71)(H,64,73)(H,65,76)(H,66,75)(H,67,74)(H,68,77)(H,69,80)(H4,53,54,59)(H4,55,56,60)/t28-,33+,34+,35-,36-,37+,38+,39+/m1/s1. The van der Waals surface area contributed by atoms with Crippen molar-refractivity contribution in [2.45, 2.75) is 107 Å². The van der Waals surface area contributed by atoms with E-state index >= 15 is 0 Å². The van der Waals surface area contributed by atoms with Gasteiger partial charge in [0.2, 0.25) is 47.3 Å². The Labute approximate surface area is 484 Å². The minimum absolute atomic E-state index is 0.00875. The van der Waals surface area contributed by atoms with Crippen LogP contribution >= 0.6 is 25.3 Å². The molecule has 82 heavy (non-hydrogen) atoms. The average molecular weight is 1180 g/mol. The number of para-hydroxylation sites is 1. The fraction of sp³-hybridized carbons (Fsp3) is 0.471. The zero-order valence-corrected chi connectivity index (χ0v) is 47.3. The molecular formula is C51H75N19O10S2. The number of fused-ring (bicyclic) bond motifs is 1. The zero-order valence-electron chi connectivity index (χ0n) is 45.5. The highest BCUT2D eigenvalue weighted by molar-refractivity contribution is 7.80. The highest BCUT2D eigenvalue weighted by Gasteiger charge is 2.39. The molecule has 0 aliphatic carbocycles. The number of H-pyrrole nitrogens is 1. The summed E-state index contributed by atoms with van der Waals surface area (Å²) >= 11 is 8.33. The van der Waals surface area contributed by atoms with Gasteiger partial charge in [0.15, 0.2) is 11.9 Å². The molecule has 8 atom stereocenters. The quantitative estimate of drug-likeness (QED) is 0.00873. The van der Waals surface area contributed by atoms with Gasteiger partial charge < -0.3 is 81.5 Å². The van der Waals surface area contributed by atoms with E-state index in [9.17, 15) is 47.9 Å². The molecule has 2 heterocycles. The van der Waals surface area contributed by atoms with Gasteiger partial charge >= 0.3 is 6.03 Å². The number of urea groups is 1. The summed E-state index contributed by atoms with van der Waals surface area (Å²) in [6.45, 7) is 3.21. The number of thiol groups is 2. The molecule has 29 nitrogen and oxygen atoms in total. The first-order valence-corrected chi connectivity index (χ1v) is 27.6. The van der Waals surface area contributed by atoms with Crippen molar-refractivity contribution in [1.29, 1.82) is 0 Å². The maximum absolute atomic E-state index is 14.6. The third-order valence-corrected chi connectivity index (χ3v) is 13.3.